The number of hydrogen-bond donors (Lipinski definition) is 1. The minimum atomic E-state index is 0.138. The van der Waals surface area contributed by atoms with Gasteiger partial charge in [0.25, 0.3) is 0 Å². The number of hydrogen-bond acceptors (Lipinski definition) is 2. The second-order valence-corrected chi connectivity index (χ2v) is 5.38. The van der Waals surface area contributed by atoms with Crippen LogP contribution in [0.2, 0.25) is 0 Å². The van der Waals surface area contributed by atoms with E-state index in [4.69, 9.17) is 5.73 Å². The van der Waals surface area contributed by atoms with Crippen molar-refractivity contribution in [1.82, 2.24) is 4.90 Å². The molecule has 1 aromatic rings. The first kappa shape index (κ1) is 11.6. The van der Waals surface area contributed by atoms with E-state index < -0.39 is 0 Å². The van der Waals surface area contributed by atoms with Gasteiger partial charge in [0.15, 0.2) is 0 Å². The van der Waals surface area contributed by atoms with E-state index in [1.807, 2.05) is 6.07 Å². The SMILES string of the molecule is CC1(C)CCCN1CC(N)c1ccccc1. The third-order valence-electron chi connectivity index (χ3n) is 3.72. The third-order valence-corrected chi connectivity index (χ3v) is 3.72. The lowest BCUT2D eigenvalue weighted by Crippen LogP contribution is -2.42. The minimum absolute atomic E-state index is 0.138. The summed E-state index contributed by atoms with van der Waals surface area (Å²) in [6.45, 7) is 6.79. The Morgan fingerprint density at radius 2 is 2.00 bits per heavy atom. The minimum Gasteiger partial charge on any atom is -0.323 e. The molecule has 1 heterocycles. The van der Waals surface area contributed by atoms with Gasteiger partial charge in [0.2, 0.25) is 0 Å². The summed E-state index contributed by atoms with van der Waals surface area (Å²) in [5, 5.41) is 0. The summed E-state index contributed by atoms with van der Waals surface area (Å²) < 4.78 is 0. The summed E-state index contributed by atoms with van der Waals surface area (Å²) in [6, 6.07) is 10.5. The van der Waals surface area contributed by atoms with Crippen LogP contribution in [-0.2, 0) is 0 Å². The Labute approximate surface area is 98.4 Å². The van der Waals surface area contributed by atoms with Gasteiger partial charge in [-0.3, -0.25) is 4.90 Å². The van der Waals surface area contributed by atoms with Gasteiger partial charge in [-0.15, -0.1) is 0 Å². The molecule has 2 N–H and O–H groups in total. The molecule has 0 aliphatic carbocycles. The van der Waals surface area contributed by atoms with Gasteiger partial charge in [-0.1, -0.05) is 30.3 Å². The molecule has 2 rings (SSSR count). The Hall–Kier alpha value is -0.860. The van der Waals surface area contributed by atoms with Crippen LogP contribution in [0.15, 0.2) is 30.3 Å². The van der Waals surface area contributed by atoms with Crippen molar-refractivity contribution in [2.24, 2.45) is 5.73 Å². The molecule has 1 atom stereocenters. The molecule has 88 valence electrons. The van der Waals surface area contributed by atoms with Crippen molar-refractivity contribution in [1.29, 1.82) is 0 Å². The molecule has 1 unspecified atom stereocenters. The Kier molecular flexibility index (Phi) is 3.31. The van der Waals surface area contributed by atoms with Crippen LogP contribution in [0.4, 0.5) is 0 Å². The van der Waals surface area contributed by atoms with Crippen molar-refractivity contribution in [3.05, 3.63) is 35.9 Å². The van der Waals surface area contributed by atoms with Crippen molar-refractivity contribution >= 4 is 0 Å². The fourth-order valence-electron chi connectivity index (χ4n) is 2.54. The number of rotatable bonds is 3. The van der Waals surface area contributed by atoms with E-state index in [1.165, 1.54) is 24.9 Å². The third kappa shape index (κ3) is 2.45. The van der Waals surface area contributed by atoms with Crippen molar-refractivity contribution < 1.29 is 0 Å². The zero-order valence-electron chi connectivity index (χ0n) is 10.3. The Morgan fingerprint density at radius 1 is 1.31 bits per heavy atom. The van der Waals surface area contributed by atoms with Crippen molar-refractivity contribution in [2.45, 2.75) is 38.3 Å². The van der Waals surface area contributed by atoms with Crippen LogP contribution < -0.4 is 5.73 Å². The molecule has 0 aromatic heterocycles. The number of likely N-dealkylation sites (tertiary alicyclic amines) is 1. The first-order valence-corrected chi connectivity index (χ1v) is 6.15. The zero-order valence-corrected chi connectivity index (χ0v) is 10.3. The highest BCUT2D eigenvalue weighted by atomic mass is 15.2. The first-order valence-electron chi connectivity index (χ1n) is 6.15. The van der Waals surface area contributed by atoms with Gasteiger partial charge in [0.1, 0.15) is 0 Å². The summed E-state index contributed by atoms with van der Waals surface area (Å²) in [5.41, 5.74) is 7.82. The molecule has 0 amide bonds. The van der Waals surface area contributed by atoms with Crippen molar-refractivity contribution in [3.8, 4) is 0 Å². The highest BCUT2D eigenvalue weighted by molar-refractivity contribution is 5.19. The van der Waals surface area contributed by atoms with E-state index in [-0.39, 0.29) is 6.04 Å². The van der Waals surface area contributed by atoms with Gasteiger partial charge >= 0.3 is 0 Å². The quantitative estimate of drug-likeness (QED) is 0.845. The Morgan fingerprint density at radius 3 is 2.56 bits per heavy atom. The van der Waals surface area contributed by atoms with Gasteiger partial charge in [-0.2, -0.15) is 0 Å². The van der Waals surface area contributed by atoms with Gasteiger partial charge in [0, 0.05) is 18.1 Å². The average Bonchev–Trinajstić information content (AvgIpc) is 2.59. The fourth-order valence-corrected chi connectivity index (χ4v) is 2.54. The maximum Gasteiger partial charge on any atom is 0.0424 e. The summed E-state index contributed by atoms with van der Waals surface area (Å²) in [7, 11) is 0. The number of nitrogens with zero attached hydrogens (tertiary/aromatic N) is 1. The smallest absolute Gasteiger partial charge is 0.0424 e. The Bertz CT molecular complexity index is 332. The largest absolute Gasteiger partial charge is 0.323 e. The normalized spacial score (nSPS) is 22.2. The zero-order chi connectivity index (χ0) is 11.6. The lowest BCUT2D eigenvalue weighted by molar-refractivity contribution is 0.165. The molecule has 1 aliphatic heterocycles. The molecule has 2 heteroatoms. The highest BCUT2D eigenvalue weighted by Crippen LogP contribution is 2.29. The van der Waals surface area contributed by atoms with E-state index in [0.717, 1.165) is 6.54 Å². The molecule has 0 saturated carbocycles. The molecule has 16 heavy (non-hydrogen) atoms. The molecule has 1 aliphatic rings. The predicted octanol–water partition coefficient (Wildman–Crippen LogP) is 2.56. The van der Waals surface area contributed by atoms with Crippen LogP contribution in [0.25, 0.3) is 0 Å². The van der Waals surface area contributed by atoms with E-state index >= 15 is 0 Å². The van der Waals surface area contributed by atoms with Crippen LogP contribution in [0.5, 0.6) is 0 Å². The maximum absolute atomic E-state index is 6.25. The van der Waals surface area contributed by atoms with E-state index in [9.17, 15) is 0 Å². The van der Waals surface area contributed by atoms with Crippen molar-refractivity contribution in [3.63, 3.8) is 0 Å². The van der Waals surface area contributed by atoms with Crippen LogP contribution in [0, 0.1) is 0 Å². The summed E-state index contributed by atoms with van der Waals surface area (Å²) >= 11 is 0. The fraction of sp³-hybridized carbons (Fsp3) is 0.571. The first-order chi connectivity index (χ1) is 7.59. The van der Waals surface area contributed by atoms with Gasteiger partial charge in [-0.05, 0) is 38.8 Å². The van der Waals surface area contributed by atoms with Gasteiger partial charge in [0.05, 0.1) is 0 Å². The molecule has 1 fully saturated rings. The van der Waals surface area contributed by atoms with E-state index in [1.54, 1.807) is 0 Å². The summed E-state index contributed by atoms with van der Waals surface area (Å²) in [6.07, 6.45) is 2.59. The van der Waals surface area contributed by atoms with E-state index in [2.05, 4.69) is 43.0 Å². The van der Waals surface area contributed by atoms with Crippen molar-refractivity contribution in [2.75, 3.05) is 13.1 Å². The lowest BCUT2D eigenvalue weighted by Gasteiger charge is -2.33. The lowest BCUT2D eigenvalue weighted by atomic mass is 10.0. The van der Waals surface area contributed by atoms with Crippen LogP contribution >= 0.6 is 0 Å². The highest BCUT2D eigenvalue weighted by Gasteiger charge is 2.32. The topological polar surface area (TPSA) is 29.3 Å². The predicted molar refractivity (Wildman–Crippen MR) is 68.3 cm³/mol. The molecule has 0 spiro atoms. The monoisotopic (exact) mass is 218 g/mol. The second kappa shape index (κ2) is 4.56. The molecule has 1 aromatic carbocycles. The van der Waals surface area contributed by atoms with Crippen LogP contribution in [0.3, 0.4) is 0 Å². The average molecular weight is 218 g/mol. The molecular weight excluding hydrogens is 196 g/mol. The number of benzene rings is 1. The van der Waals surface area contributed by atoms with Crippen LogP contribution in [0.1, 0.15) is 38.3 Å². The van der Waals surface area contributed by atoms with Gasteiger partial charge in [-0.25, -0.2) is 0 Å². The summed E-state index contributed by atoms with van der Waals surface area (Å²) in [4.78, 5) is 2.52. The second-order valence-electron chi connectivity index (χ2n) is 5.38. The number of nitrogens with two attached hydrogens (primary N) is 1. The Balaban J connectivity index is 2.00. The van der Waals surface area contributed by atoms with E-state index in [0.29, 0.717) is 5.54 Å². The molecular formula is C14H22N2. The summed E-state index contributed by atoms with van der Waals surface area (Å²) in [5.74, 6) is 0. The standard InChI is InChI=1S/C14H22N2/c1-14(2)9-6-10-16(14)11-13(15)12-7-4-3-5-8-12/h3-5,7-8,13H,6,9-11,15H2,1-2H3. The maximum atomic E-state index is 6.25. The van der Waals surface area contributed by atoms with Crippen LogP contribution in [-0.4, -0.2) is 23.5 Å². The van der Waals surface area contributed by atoms with Gasteiger partial charge < -0.3 is 5.73 Å². The molecule has 2 nitrogen and oxygen atoms in total. The molecule has 0 radical (unpaired) electrons. The molecule has 1 saturated heterocycles. The molecule has 0 bridgehead atoms.